The van der Waals surface area contributed by atoms with Gasteiger partial charge in [0.2, 0.25) is 0 Å². The molecule has 7 nitrogen and oxygen atoms in total. The summed E-state index contributed by atoms with van der Waals surface area (Å²) in [5.74, 6) is -3.50. The van der Waals surface area contributed by atoms with E-state index in [1.807, 2.05) is 0 Å². The highest BCUT2D eigenvalue weighted by atomic mass is 35.5. The number of carboxylic acid groups (broad SMARTS) is 1. The van der Waals surface area contributed by atoms with E-state index in [0.717, 1.165) is 23.8 Å². The molecule has 0 spiro atoms. The molecular weight excluding hydrogens is 429 g/mol. The van der Waals surface area contributed by atoms with E-state index in [9.17, 15) is 33.0 Å². The van der Waals surface area contributed by atoms with Gasteiger partial charge in [0.25, 0.3) is 5.91 Å². The van der Waals surface area contributed by atoms with Gasteiger partial charge in [-0.3, -0.25) is 4.79 Å². The Morgan fingerprint density at radius 2 is 1.80 bits per heavy atom. The number of halogens is 4. The molecule has 0 aromatic heterocycles. The van der Waals surface area contributed by atoms with Gasteiger partial charge in [-0.05, 0) is 29.7 Å². The first-order valence-corrected chi connectivity index (χ1v) is 8.91. The van der Waals surface area contributed by atoms with E-state index < -0.39 is 47.2 Å². The van der Waals surface area contributed by atoms with Crippen LogP contribution in [0.4, 0.5) is 13.2 Å². The van der Waals surface area contributed by atoms with Crippen LogP contribution in [0.1, 0.15) is 17.2 Å². The maximum Gasteiger partial charge on any atom is 0.573 e. The van der Waals surface area contributed by atoms with E-state index in [0.29, 0.717) is 0 Å². The summed E-state index contributed by atoms with van der Waals surface area (Å²) in [4.78, 5) is 23.9. The van der Waals surface area contributed by atoms with Crippen molar-refractivity contribution in [2.45, 2.75) is 31.0 Å². The number of rotatable bonds is 8. The van der Waals surface area contributed by atoms with Gasteiger partial charge in [-0.1, -0.05) is 48.0 Å². The van der Waals surface area contributed by atoms with Gasteiger partial charge >= 0.3 is 12.3 Å². The fourth-order valence-electron chi connectivity index (χ4n) is 2.61. The third-order valence-corrected chi connectivity index (χ3v) is 4.35. The monoisotopic (exact) mass is 446 g/mol. The van der Waals surface area contributed by atoms with E-state index >= 15 is 0 Å². The van der Waals surface area contributed by atoms with Crippen LogP contribution < -0.4 is 15.8 Å². The minimum absolute atomic E-state index is 0.137. The Hall–Kier alpha value is -2.82. The standard InChI is InChI=1S/C19H18ClF3N2O5/c20-12-7-6-11(9-14(12)30-19(21,22)23)15(18(28)29)25-17(27)16(26)13(24)8-10-4-2-1-3-5-10/h1-7,9,13,15-16,26H,8,24H2,(H,25,27)(H,28,29)/t13-,15-,16+/m1/s1. The maximum atomic E-state index is 12.5. The lowest BCUT2D eigenvalue weighted by molar-refractivity contribution is -0.274. The normalized spacial score (nSPS) is 14.5. The van der Waals surface area contributed by atoms with Crippen LogP contribution >= 0.6 is 11.6 Å². The predicted octanol–water partition coefficient (Wildman–Crippen LogP) is 2.41. The molecule has 2 aromatic carbocycles. The van der Waals surface area contributed by atoms with Crippen LogP contribution in [0.15, 0.2) is 48.5 Å². The highest BCUT2D eigenvalue weighted by Gasteiger charge is 2.33. The second kappa shape index (κ2) is 9.79. The van der Waals surface area contributed by atoms with Crippen LogP contribution in [0, 0.1) is 0 Å². The summed E-state index contributed by atoms with van der Waals surface area (Å²) < 4.78 is 41.2. The second-order valence-electron chi connectivity index (χ2n) is 6.32. The summed E-state index contributed by atoms with van der Waals surface area (Å²) in [6.45, 7) is 0. The number of nitrogens with one attached hydrogen (secondary N) is 1. The average Bonchev–Trinajstić information content (AvgIpc) is 2.66. The SMILES string of the molecule is N[C@H](Cc1ccccc1)[C@H](O)C(=O)N[C@@H](C(=O)O)c1ccc(Cl)c(OC(F)(F)F)c1. The fraction of sp³-hybridized carbons (Fsp3) is 0.263. The first kappa shape index (κ1) is 23.5. The minimum Gasteiger partial charge on any atom is -0.479 e. The molecule has 3 atom stereocenters. The number of aliphatic carboxylic acids is 1. The molecule has 0 radical (unpaired) electrons. The van der Waals surface area contributed by atoms with Crippen molar-refractivity contribution in [2.24, 2.45) is 5.73 Å². The molecule has 0 saturated carbocycles. The lowest BCUT2D eigenvalue weighted by Gasteiger charge is -2.22. The topological polar surface area (TPSA) is 122 Å². The van der Waals surface area contributed by atoms with Crippen LogP contribution in [-0.2, 0) is 16.0 Å². The quantitative estimate of drug-likeness (QED) is 0.494. The molecule has 0 bridgehead atoms. The molecule has 0 saturated heterocycles. The molecule has 0 aliphatic heterocycles. The molecule has 5 N–H and O–H groups in total. The first-order chi connectivity index (χ1) is 14.0. The van der Waals surface area contributed by atoms with Gasteiger partial charge in [0.05, 0.1) is 5.02 Å². The number of alkyl halides is 3. The van der Waals surface area contributed by atoms with E-state index in [1.54, 1.807) is 30.3 Å². The van der Waals surface area contributed by atoms with Crippen LogP contribution in [0.3, 0.4) is 0 Å². The summed E-state index contributed by atoms with van der Waals surface area (Å²) >= 11 is 5.64. The summed E-state index contributed by atoms with van der Waals surface area (Å²) in [6, 6.07) is 8.77. The zero-order chi connectivity index (χ0) is 22.5. The van der Waals surface area contributed by atoms with E-state index in [1.165, 1.54) is 0 Å². The van der Waals surface area contributed by atoms with Crippen molar-refractivity contribution in [2.75, 3.05) is 0 Å². The molecule has 2 rings (SSSR count). The summed E-state index contributed by atoms with van der Waals surface area (Å²) in [6.07, 6.45) is -6.67. The Kier molecular flexibility index (Phi) is 7.65. The molecule has 0 heterocycles. The van der Waals surface area contributed by atoms with Gasteiger partial charge in [0.1, 0.15) is 11.9 Å². The number of carbonyl (C=O) groups excluding carboxylic acids is 1. The Balaban J connectivity index is 2.16. The van der Waals surface area contributed by atoms with Crippen LogP contribution in [0.25, 0.3) is 0 Å². The molecule has 30 heavy (non-hydrogen) atoms. The van der Waals surface area contributed by atoms with Gasteiger partial charge in [-0.25, -0.2) is 4.79 Å². The lowest BCUT2D eigenvalue weighted by atomic mass is 10.0. The minimum atomic E-state index is -5.05. The van der Waals surface area contributed by atoms with Crippen molar-refractivity contribution in [1.29, 1.82) is 0 Å². The Morgan fingerprint density at radius 3 is 2.37 bits per heavy atom. The van der Waals surface area contributed by atoms with E-state index in [-0.39, 0.29) is 12.0 Å². The molecule has 0 aliphatic rings. The first-order valence-electron chi connectivity index (χ1n) is 8.54. The largest absolute Gasteiger partial charge is 0.573 e. The predicted molar refractivity (Wildman–Crippen MR) is 101 cm³/mol. The summed E-state index contributed by atoms with van der Waals surface area (Å²) in [5.41, 5.74) is 6.33. The van der Waals surface area contributed by atoms with Crippen LogP contribution in [0.2, 0.25) is 5.02 Å². The van der Waals surface area contributed by atoms with Gasteiger partial charge in [-0.15, -0.1) is 13.2 Å². The summed E-state index contributed by atoms with van der Waals surface area (Å²) in [5, 5.41) is 21.2. The van der Waals surface area contributed by atoms with Crippen LogP contribution in [0.5, 0.6) is 5.75 Å². The fourth-order valence-corrected chi connectivity index (χ4v) is 2.77. The Morgan fingerprint density at radius 1 is 1.17 bits per heavy atom. The molecule has 1 amide bonds. The van der Waals surface area contributed by atoms with Crippen molar-refractivity contribution in [3.8, 4) is 5.75 Å². The number of amides is 1. The van der Waals surface area contributed by atoms with Gasteiger partial charge in [0.15, 0.2) is 6.04 Å². The van der Waals surface area contributed by atoms with Crippen molar-refractivity contribution >= 4 is 23.5 Å². The summed E-state index contributed by atoms with van der Waals surface area (Å²) in [7, 11) is 0. The van der Waals surface area contributed by atoms with Crippen molar-refractivity contribution in [1.82, 2.24) is 5.32 Å². The van der Waals surface area contributed by atoms with Gasteiger partial charge in [-0.2, -0.15) is 0 Å². The van der Waals surface area contributed by atoms with Crippen LogP contribution in [-0.4, -0.2) is 40.6 Å². The van der Waals surface area contributed by atoms with Gasteiger partial charge in [0, 0.05) is 6.04 Å². The number of ether oxygens (including phenoxy) is 1. The van der Waals surface area contributed by atoms with Crippen molar-refractivity contribution < 1.29 is 37.7 Å². The number of benzene rings is 2. The Bertz CT molecular complexity index is 895. The molecule has 11 heteroatoms. The van der Waals surface area contributed by atoms with Gasteiger partial charge < -0.3 is 26.0 Å². The number of aliphatic hydroxyl groups is 1. The zero-order valence-corrected chi connectivity index (χ0v) is 16.0. The smallest absolute Gasteiger partial charge is 0.479 e. The second-order valence-corrected chi connectivity index (χ2v) is 6.72. The average molecular weight is 447 g/mol. The number of hydrogen-bond donors (Lipinski definition) is 4. The third kappa shape index (κ3) is 6.61. The highest BCUT2D eigenvalue weighted by Crippen LogP contribution is 2.32. The third-order valence-electron chi connectivity index (χ3n) is 4.04. The number of aliphatic hydroxyl groups excluding tert-OH is 1. The number of carboxylic acids is 1. The molecular formula is C19H18ClF3N2O5. The molecule has 162 valence electrons. The number of nitrogens with two attached hydrogens (primary N) is 1. The maximum absolute atomic E-state index is 12.5. The number of hydrogen-bond acceptors (Lipinski definition) is 5. The molecule has 0 aliphatic carbocycles. The number of carbonyl (C=O) groups is 2. The lowest BCUT2D eigenvalue weighted by Crippen LogP contribution is -2.49. The molecule has 0 unspecified atom stereocenters. The highest BCUT2D eigenvalue weighted by molar-refractivity contribution is 6.32. The molecule has 0 fully saturated rings. The van der Waals surface area contributed by atoms with E-state index in [2.05, 4.69) is 10.1 Å². The zero-order valence-electron chi connectivity index (χ0n) is 15.3. The Labute approximate surface area is 174 Å². The van der Waals surface area contributed by atoms with Crippen molar-refractivity contribution in [3.63, 3.8) is 0 Å². The van der Waals surface area contributed by atoms with Crippen molar-refractivity contribution in [3.05, 3.63) is 64.7 Å². The molecule has 2 aromatic rings. The van der Waals surface area contributed by atoms with E-state index in [4.69, 9.17) is 17.3 Å².